The minimum absolute atomic E-state index is 0.322. The summed E-state index contributed by atoms with van der Waals surface area (Å²) in [5, 5.41) is 5.23. The van der Waals surface area contributed by atoms with Gasteiger partial charge in [-0.25, -0.2) is 0 Å². The van der Waals surface area contributed by atoms with E-state index in [0.717, 1.165) is 29.4 Å². The molecular formula is C12H21ClN4. The van der Waals surface area contributed by atoms with E-state index in [1.165, 1.54) is 19.3 Å². The van der Waals surface area contributed by atoms with Crippen LogP contribution in [0.4, 0.5) is 0 Å². The van der Waals surface area contributed by atoms with Crippen LogP contribution in [0.2, 0.25) is 5.02 Å². The van der Waals surface area contributed by atoms with Gasteiger partial charge < -0.3 is 0 Å². The highest BCUT2D eigenvalue weighted by atomic mass is 35.5. The predicted octanol–water partition coefficient (Wildman–Crippen LogP) is 2.04. The molecule has 0 radical (unpaired) electrons. The molecule has 5 heteroatoms. The van der Waals surface area contributed by atoms with Crippen molar-refractivity contribution in [1.82, 2.24) is 15.2 Å². The quantitative estimate of drug-likeness (QED) is 0.626. The molecule has 2 rings (SSSR count). The fraction of sp³-hybridized carbons (Fsp3) is 0.750. The molecule has 1 unspecified atom stereocenters. The number of aromatic nitrogens is 2. The number of halogens is 1. The SMILES string of the molecule is CCn1nc(C)c(Cl)c1CC(NN)C1CCC1. The molecule has 1 aliphatic rings. The number of hydrazine groups is 1. The first-order valence-corrected chi connectivity index (χ1v) is 6.73. The molecule has 1 saturated carbocycles. The van der Waals surface area contributed by atoms with Gasteiger partial charge in [0, 0.05) is 19.0 Å². The van der Waals surface area contributed by atoms with E-state index in [9.17, 15) is 0 Å². The summed E-state index contributed by atoms with van der Waals surface area (Å²) in [6.07, 6.45) is 4.73. The lowest BCUT2D eigenvalue weighted by molar-refractivity contribution is 0.226. The molecule has 17 heavy (non-hydrogen) atoms. The van der Waals surface area contributed by atoms with Crippen molar-refractivity contribution in [2.45, 2.75) is 52.1 Å². The number of aryl methyl sites for hydroxylation is 2. The summed E-state index contributed by atoms with van der Waals surface area (Å²) in [5.74, 6) is 6.35. The van der Waals surface area contributed by atoms with Crippen LogP contribution in [-0.4, -0.2) is 15.8 Å². The van der Waals surface area contributed by atoms with Crippen molar-refractivity contribution in [3.05, 3.63) is 16.4 Å². The molecule has 0 bridgehead atoms. The van der Waals surface area contributed by atoms with E-state index in [4.69, 9.17) is 17.4 Å². The maximum Gasteiger partial charge on any atom is 0.0847 e. The molecule has 3 N–H and O–H groups in total. The molecule has 1 aromatic heterocycles. The minimum Gasteiger partial charge on any atom is -0.271 e. The topological polar surface area (TPSA) is 55.9 Å². The van der Waals surface area contributed by atoms with Gasteiger partial charge in [0.05, 0.1) is 16.4 Å². The maximum atomic E-state index is 6.31. The van der Waals surface area contributed by atoms with Crippen LogP contribution >= 0.6 is 11.6 Å². The van der Waals surface area contributed by atoms with Crippen molar-refractivity contribution in [2.75, 3.05) is 0 Å². The Balaban J connectivity index is 2.15. The van der Waals surface area contributed by atoms with Gasteiger partial charge in [-0.3, -0.25) is 16.0 Å². The number of hydrogen-bond acceptors (Lipinski definition) is 3. The zero-order chi connectivity index (χ0) is 12.4. The second kappa shape index (κ2) is 5.38. The Hall–Kier alpha value is -0.580. The monoisotopic (exact) mass is 256 g/mol. The van der Waals surface area contributed by atoms with Crippen LogP contribution in [0.25, 0.3) is 0 Å². The Morgan fingerprint density at radius 1 is 1.59 bits per heavy atom. The van der Waals surface area contributed by atoms with Gasteiger partial charge in [0.25, 0.3) is 0 Å². The van der Waals surface area contributed by atoms with Gasteiger partial charge in [-0.15, -0.1) is 0 Å². The predicted molar refractivity (Wildman–Crippen MR) is 69.8 cm³/mol. The highest BCUT2D eigenvalue weighted by Gasteiger charge is 2.28. The van der Waals surface area contributed by atoms with Crippen molar-refractivity contribution in [2.24, 2.45) is 11.8 Å². The summed E-state index contributed by atoms with van der Waals surface area (Å²) in [5.41, 5.74) is 4.96. The Kier molecular flexibility index (Phi) is 4.07. The molecule has 1 atom stereocenters. The Labute approximate surface area is 107 Å². The van der Waals surface area contributed by atoms with Crippen molar-refractivity contribution >= 4 is 11.6 Å². The largest absolute Gasteiger partial charge is 0.271 e. The van der Waals surface area contributed by atoms with E-state index in [1.807, 2.05) is 11.6 Å². The molecule has 0 saturated heterocycles. The van der Waals surface area contributed by atoms with E-state index in [2.05, 4.69) is 17.4 Å². The Morgan fingerprint density at radius 3 is 2.76 bits per heavy atom. The summed E-state index contributed by atoms with van der Waals surface area (Å²) < 4.78 is 1.99. The molecule has 96 valence electrons. The van der Waals surface area contributed by atoms with Gasteiger partial charge in [0.15, 0.2) is 0 Å². The molecule has 0 aromatic carbocycles. The molecule has 0 amide bonds. The molecule has 1 aromatic rings. The second-order valence-electron chi connectivity index (χ2n) is 4.83. The second-order valence-corrected chi connectivity index (χ2v) is 5.21. The number of nitrogens with two attached hydrogens (primary N) is 1. The molecule has 0 aliphatic heterocycles. The van der Waals surface area contributed by atoms with Crippen LogP contribution in [0.3, 0.4) is 0 Å². The summed E-state index contributed by atoms with van der Waals surface area (Å²) in [4.78, 5) is 0. The third-order valence-electron chi connectivity index (χ3n) is 3.80. The number of nitrogens with one attached hydrogen (secondary N) is 1. The van der Waals surface area contributed by atoms with E-state index < -0.39 is 0 Å². The first kappa shape index (κ1) is 12.9. The first-order chi connectivity index (χ1) is 8.17. The van der Waals surface area contributed by atoms with Crippen LogP contribution in [0.1, 0.15) is 37.6 Å². The van der Waals surface area contributed by atoms with E-state index in [1.54, 1.807) is 0 Å². The van der Waals surface area contributed by atoms with E-state index in [-0.39, 0.29) is 0 Å². The molecule has 1 heterocycles. The third-order valence-corrected chi connectivity index (χ3v) is 4.29. The lowest BCUT2D eigenvalue weighted by atomic mass is 9.78. The first-order valence-electron chi connectivity index (χ1n) is 6.35. The van der Waals surface area contributed by atoms with Gasteiger partial charge in [-0.05, 0) is 32.6 Å². The molecule has 0 spiro atoms. The smallest absolute Gasteiger partial charge is 0.0847 e. The Morgan fingerprint density at radius 2 is 2.29 bits per heavy atom. The van der Waals surface area contributed by atoms with Gasteiger partial charge >= 0.3 is 0 Å². The van der Waals surface area contributed by atoms with E-state index >= 15 is 0 Å². The number of nitrogens with zero attached hydrogens (tertiary/aromatic N) is 2. The normalized spacial score (nSPS) is 18.1. The fourth-order valence-corrected chi connectivity index (χ4v) is 2.69. The highest BCUT2D eigenvalue weighted by molar-refractivity contribution is 6.31. The Bertz CT molecular complexity index is 384. The molecule has 1 aliphatic carbocycles. The van der Waals surface area contributed by atoms with Crippen molar-refractivity contribution in [1.29, 1.82) is 0 Å². The zero-order valence-electron chi connectivity index (χ0n) is 10.5. The van der Waals surface area contributed by atoms with Crippen LogP contribution < -0.4 is 11.3 Å². The van der Waals surface area contributed by atoms with Gasteiger partial charge in [0.2, 0.25) is 0 Å². The lowest BCUT2D eigenvalue weighted by Crippen LogP contribution is -2.45. The molecule has 4 nitrogen and oxygen atoms in total. The highest BCUT2D eigenvalue weighted by Crippen LogP contribution is 2.32. The zero-order valence-corrected chi connectivity index (χ0v) is 11.3. The minimum atomic E-state index is 0.322. The van der Waals surface area contributed by atoms with Crippen molar-refractivity contribution < 1.29 is 0 Å². The molecular weight excluding hydrogens is 236 g/mol. The van der Waals surface area contributed by atoms with Crippen LogP contribution in [0.5, 0.6) is 0 Å². The van der Waals surface area contributed by atoms with Crippen molar-refractivity contribution in [3.8, 4) is 0 Å². The van der Waals surface area contributed by atoms with Gasteiger partial charge in [0.1, 0.15) is 0 Å². The number of hydrogen-bond donors (Lipinski definition) is 2. The maximum absolute atomic E-state index is 6.31. The van der Waals surface area contributed by atoms with Crippen LogP contribution in [0, 0.1) is 12.8 Å². The van der Waals surface area contributed by atoms with Crippen LogP contribution in [-0.2, 0) is 13.0 Å². The van der Waals surface area contributed by atoms with Gasteiger partial charge in [-0.1, -0.05) is 18.0 Å². The van der Waals surface area contributed by atoms with Gasteiger partial charge in [-0.2, -0.15) is 5.10 Å². The lowest BCUT2D eigenvalue weighted by Gasteiger charge is -2.33. The molecule has 1 fully saturated rings. The third kappa shape index (κ3) is 2.49. The van der Waals surface area contributed by atoms with Crippen molar-refractivity contribution in [3.63, 3.8) is 0 Å². The average molecular weight is 257 g/mol. The summed E-state index contributed by atoms with van der Waals surface area (Å²) in [6.45, 7) is 4.89. The summed E-state index contributed by atoms with van der Waals surface area (Å²) in [7, 11) is 0. The fourth-order valence-electron chi connectivity index (χ4n) is 2.48. The summed E-state index contributed by atoms with van der Waals surface area (Å²) in [6, 6.07) is 0.322. The average Bonchev–Trinajstić information content (AvgIpc) is 2.53. The summed E-state index contributed by atoms with van der Waals surface area (Å²) >= 11 is 6.31. The van der Waals surface area contributed by atoms with Crippen LogP contribution in [0.15, 0.2) is 0 Å². The van der Waals surface area contributed by atoms with E-state index in [0.29, 0.717) is 12.0 Å². The standard InChI is InChI=1S/C12H21ClN4/c1-3-17-11(12(13)8(2)16-17)7-10(15-14)9-5-4-6-9/h9-10,15H,3-7,14H2,1-2H3. The number of rotatable bonds is 5.